The zero-order valence-electron chi connectivity index (χ0n) is 13.0. The molecule has 0 radical (unpaired) electrons. The summed E-state index contributed by atoms with van der Waals surface area (Å²) in [6, 6.07) is 17.0. The molecule has 2 aromatic carbocycles. The van der Waals surface area contributed by atoms with E-state index in [2.05, 4.69) is 4.90 Å². The average Bonchev–Trinajstić information content (AvgIpc) is 2.58. The molecule has 23 heavy (non-hydrogen) atoms. The van der Waals surface area contributed by atoms with Gasteiger partial charge in [-0.15, -0.1) is 12.4 Å². The van der Waals surface area contributed by atoms with Gasteiger partial charge in [0.05, 0.1) is 6.04 Å². The standard InChI is InChI=1S/C19H20ClNO.ClH/c20-17-11-9-15(10-12-17)18(21-13-5-2-6-14-21)19(22)16-7-3-1-4-8-16;/h1,3-4,7-12,18H,2,5-6,13-14H2;1H. The molecule has 0 saturated carbocycles. The maximum atomic E-state index is 13.1. The monoisotopic (exact) mass is 349 g/mol. The first kappa shape index (κ1) is 18.0. The maximum absolute atomic E-state index is 13.1. The Labute approximate surface area is 148 Å². The SMILES string of the molecule is Cl.O=C(c1ccccc1)C(c1ccc(Cl)cc1)N1CCCCC1. The van der Waals surface area contributed by atoms with Gasteiger partial charge in [-0.25, -0.2) is 0 Å². The van der Waals surface area contributed by atoms with Crippen molar-refractivity contribution >= 4 is 29.8 Å². The Morgan fingerprint density at radius 2 is 1.52 bits per heavy atom. The molecule has 0 aliphatic carbocycles. The summed E-state index contributed by atoms with van der Waals surface area (Å²) in [5.74, 6) is 0.171. The van der Waals surface area contributed by atoms with Crippen molar-refractivity contribution in [2.45, 2.75) is 25.3 Å². The average molecular weight is 350 g/mol. The molecule has 1 aliphatic rings. The molecule has 0 N–H and O–H groups in total. The zero-order chi connectivity index (χ0) is 15.4. The summed E-state index contributed by atoms with van der Waals surface area (Å²) < 4.78 is 0. The van der Waals surface area contributed by atoms with E-state index in [-0.39, 0.29) is 24.2 Å². The highest BCUT2D eigenvalue weighted by molar-refractivity contribution is 6.30. The number of rotatable bonds is 4. The van der Waals surface area contributed by atoms with Gasteiger partial charge in [0, 0.05) is 10.6 Å². The largest absolute Gasteiger partial charge is 0.292 e. The number of hydrogen-bond donors (Lipinski definition) is 0. The number of halogens is 2. The maximum Gasteiger partial charge on any atom is 0.184 e. The van der Waals surface area contributed by atoms with Gasteiger partial charge in [-0.2, -0.15) is 0 Å². The fraction of sp³-hybridized carbons (Fsp3) is 0.316. The lowest BCUT2D eigenvalue weighted by Gasteiger charge is -2.34. The van der Waals surface area contributed by atoms with E-state index in [1.807, 2.05) is 54.6 Å². The summed E-state index contributed by atoms with van der Waals surface area (Å²) in [5, 5.41) is 0.702. The van der Waals surface area contributed by atoms with Gasteiger partial charge in [0.15, 0.2) is 5.78 Å². The molecule has 1 saturated heterocycles. The van der Waals surface area contributed by atoms with Crippen LogP contribution < -0.4 is 0 Å². The molecule has 1 fully saturated rings. The van der Waals surface area contributed by atoms with Crippen LogP contribution >= 0.6 is 24.0 Å². The highest BCUT2D eigenvalue weighted by atomic mass is 35.5. The van der Waals surface area contributed by atoms with Crippen molar-refractivity contribution in [3.8, 4) is 0 Å². The lowest BCUT2D eigenvalue weighted by molar-refractivity contribution is 0.0783. The first-order valence-electron chi connectivity index (χ1n) is 7.84. The van der Waals surface area contributed by atoms with E-state index in [0.717, 1.165) is 37.1 Å². The summed E-state index contributed by atoms with van der Waals surface area (Å²) in [6.07, 6.45) is 3.57. The summed E-state index contributed by atoms with van der Waals surface area (Å²) >= 11 is 6.00. The first-order chi connectivity index (χ1) is 10.8. The van der Waals surface area contributed by atoms with Gasteiger partial charge in [-0.3, -0.25) is 9.69 Å². The quantitative estimate of drug-likeness (QED) is 0.709. The number of carbonyl (C=O) groups is 1. The number of Topliss-reactive ketones (excluding diaryl/α,β-unsaturated/α-hetero) is 1. The minimum absolute atomic E-state index is 0. The second-order valence-electron chi connectivity index (χ2n) is 5.78. The number of carbonyl (C=O) groups excluding carboxylic acids is 1. The summed E-state index contributed by atoms with van der Waals surface area (Å²) in [6.45, 7) is 1.96. The minimum atomic E-state index is -0.208. The predicted octanol–water partition coefficient (Wildman–Crippen LogP) is 5.17. The molecule has 4 heteroatoms. The molecule has 0 amide bonds. The smallest absolute Gasteiger partial charge is 0.184 e. The van der Waals surface area contributed by atoms with Crippen LogP contribution in [0.1, 0.15) is 41.2 Å². The van der Waals surface area contributed by atoms with Gasteiger partial charge >= 0.3 is 0 Å². The van der Waals surface area contributed by atoms with E-state index in [1.165, 1.54) is 6.42 Å². The highest BCUT2D eigenvalue weighted by Gasteiger charge is 2.29. The van der Waals surface area contributed by atoms with Crippen LogP contribution in [0.4, 0.5) is 0 Å². The molecule has 2 aromatic rings. The van der Waals surface area contributed by atoms with Crippen molar-refractivity contribution in [3.05, 3.63) is 70.7 Å². The van der Waals surface area contributed by atoms with E-state index in [9.17, 15) is 4.79 Å². The molecule has 2 nitrogen and oxygen atoms in total. The van der Waals surface area contributed by atoms with Crippen LogP contribution in [-0.4, -0.2) is 23.8 Å². The first-order valence-corrected chi connectivity index (χ1v) is 8.22. The fourth-order valence-corrected chi connectivity index (χ4v) is 3.24. The van der Waals surface area contributed by atoms with Crippen molar-refractivity contribution in [3.63, 3.8) is 0 Å². The Kier molecular flexibility index (Phi) is 6.64. The van der Waals surface area contributed by atoms with Crippen LogP contribution in [0.2, 0.25) is 5.02 Å². The zero-order valence-corrected chi connectivity index (χ0v) is 14.5. The van der Waals surface area contributed by atoms with Crippen molar-refractivity contribution in [1.29, 1.82) is 0 Å². The van der Waals surface area contributed by atoms with Crippen LogP contribution in [0.3, 0.4) is 0 Å². The Bertz CT molecular complexity index is 622. The summed E-state index contributed by atoms with van der Waals surface area (Å²) in [7, 11) is 0. The van der Waals surface area contributed by atoms with Crippen molar-refractivity contribution < 1.29 is 4.79 Å². The van der Waals surface area contributed by atoms with E-state index in [1.54, 1.807) is 0 Å². The van der Waals surface area contributed by atoms with Crippen molar-refractivity contribution in [2.75, 3.05) is 13.1 Å². The summed E-state index contributed by atoms with van der Waals surface area (Å²) in [5.41, 5.74) is 1.80. The van der Waals surface area contributed by atoms with Gasteiger partial charge in [0.2, 0.25) is 0 Å². The second kappa shape index (κ2) is 8.49. The summed E-state index contributed by atoms with van der Waals surface area (Å²) in [4.78, 5) is 15.4. The van der Waals surface area contributed by atoms with E-state index in [4.69, 9.17) is 11.6 Å². The fourth-order valence-electron chi connectivity index (χ4n) is 3.11. The Morgan fingerprint density at radius 1 is 0.913 bits per heavy atom. The molecular weight excluding hydrogens is 329 g/mol. The van der Waals surface area contributed by atoms with Gasteiger partial charge in [0.25, 0.3) is 0 Å². The number of piperidine rings is 1. The van der Waals surface area contributed by atoms with Crippen molar-refractivity contribution in [2.24, 2.45) is 0 Å². The third kappa shape index (κ3) is 4.35. The van der Waals surface area contributed by atoms with Gasteiger partial charge in [-0.05, 0) is 43.6 Å². The topological polar surface area (TPSA) is 20.3 Å². The minimum Gasteiger partial charge on any atom is -0.292 e. The number of ketones is 1. The van der Waals surface area contributed by atoms with Crippen LogP contribution in [0.15, 0.2) is 54.6 Å². The third-order valence-corrected chi connectivity index (χ3v) is 4.50. The van der Waals surface area contributed by atoms with Gasteiger partial charge < -0.3 is 0 Å². The van der Waals surface area contributed by atoms with Crippen molar-refractivity contribution in [1.82, 2.24) is 4.90 Å². The molecule has 1 heterocycles. The van der Waals surface area contributed by atoms with Crippen LogP contribution in [0.25, 0.3) is 0 Å². The Hall–Kier alpha value is -1.35. The molecule has 1 atom stereocenters. The Morgan fingerprint density at radius 3 is 2.13 bits per heavy atom. The van der Waals surface area contributed by atoms with E-state index < -0.39 is 0 Å². The second-order valence-corrected chi connectivity index (χ2v) is 6.22. The van der Waals surface area contributed by atoms with Crippen LogP contribution in [-0.2, 0) is 0 Å². The predicted molar refractivity (Wildman–Crippen MR) is 97.6 cm³/mol. The molecule has 0 aromatic heterocycles. The van der Waals surface area contributed by atoms with Gasteiger partial charge in [-0.1, -0.05) is 60.5 Å². The number of nitrogens with zero attached hydrogens (tertiary/aromatic N) is 1. The van der Waals surface area contributed by atoms with E-state index >= 15 is 0 Å². The van der Waals surface area contributed by atoms with Crippen LogP contribution in [0.5, 0.6) is 0 Å². The molecule has 1 aliphatic heterocycles. The lowest BCUT2D eigenvalue weighted by atomic mass is 9.94. The van der Waals surface area contributed by atoms with Gasteiger partial charge in [0.1, 0.15) is 0 Å². The molecule has 1 unspecified atom stereocenters. The number of likely N-dealkylation sites (tertiary alicyclic amines) is 1. The van der Waals surface area contributed by atoms with E-state index in [0.29, 0.717) is 5.02 Å². The number of hydrogen-bond acceptors (Lipinski definition) is 2. The molecular formula is C19H21Cl2NO. The highest BCUT2D eigenvalue weighted by Crippen LogP contribution is 2.29. The molecule has 0 bridgehead atoms. The Balaban J connectivity index is 0.00000192. The molecule has 3 rings (SSSR count). The normalized spacial score (nSPS) is 16.4. The lowest BCUT2D eigenvalue weighted by Crippen LogP contribution is -2.38. The molecule has 0 spiro atoms. The van der Waals surface area contributed by atoms with Crippen LogP contribution in [0, 0.1) is 0 Å². The third-order valence-electron chi connectivity index (χ3n) is 4.25. The number of benzene rings is 2. The molecule has 122 valence electrons.